The first-order valence-electron chi connectivity index (χ1n) is 7.91. The third kappa shape index (κ3) is 4.81. The lowest BCUT2D eigenvalue weighted by molar-refractivity contribution is -0.133. The summed E-state index contributed by atoms with van der Waals surface area (Å²) in [6.45, 7) is 4.16. The van der Waals surface area contributed by atoms with Crippen molar-refractivity contribution in [2.45, 2.75) is 38.6 Å². The summed E-state index contributed by atoms with van der Waals surface area (Å²) in [6.07, 6.45) is 3.30. The second-order valence-corrected chi connectivity index (χ2v) is 6.75. The SMILES string of the molecule is CC(N)C1CCCN(C(=O)CCCNC(=O)c2ccsc2)C1. The highest BCUT2D eigenvalue weighted by molar-refractivity contribution is 7.08. The monoisotopic (exact) mass is 323 g/mol. The third-order valence-corrected chi connectivity index (χ3v) is 4.87. The molecule has 2 atom stereocenters. The first kappa shape index (κ1) is 17.0. The van der Waals surface area contributed by atoms with Crippen LogP contribution in [0.4, 0.5) is 0 Å². The molecule has 0 saturated carbocycles. The highest BCUT2D eigenvalue weighted by Crippen LogP contribution is 2.19. The molecule has 1 aliphatic rings. The molecule has 0 aliphatic carbocycles. The van der Waals surface area contributed by atoms with E-state index in [-0.39, 0.29) is 17.9 Å². The topological polar surface area (TPSA) is 75.4 Å². The van der Waals surface area contributed by atoms with Crippen molar-refractivity contribution in [3.63, 3.8) is 0 Å². The van der Waals surface area contributed by atoms with E-state index in [9.17, 15) is 9.59 Å². The summed E-state index contributed by atoms with van der Waals surface area (Å²) in [5.41, 5.74) is 6.63. The van der Waals surface area contributed by atoms with Crippen LogP contribution < -0.4 is 11.1 Å². The number of likely N-dealkylation sites (tertiary alicyclic amines) is 1. The molecule has 1 saturated heterocycles. The van der Waals surface area contributed by atoms with E-state index in [2.05, 4.69) is 5.32 Å². The molecule has 2 unspecified atom stereocenters. The Hall–Kier alpha value is -1.40. The standard InChI is InChI=1S/C16H25N3O2S/c1-12(17)13-4-3-8-19(10-13)15(20)5-2-7-18-16(21)14-6-9-22-11-14/h6,9,11-13H,2-5,7-8,10,17H2,1H3,(H,18,21). The number of nitrogens with one attached hydrogen (secondary N) is 1. The minimum Gasteiger partial charge on any atom is -0.352 e. The number of nitrogens with two attached hydrogens (primary N) is 1. The lowest BCUT2D eigenvalue weighted by Crippen LogP contribution is -2.45. The van der Waals surface area contributed by atoms with Crippen LogP contribution in [0, 0.1) is 5.92 Å². The number of thiophene rings is 1. The van der Waals surface area contributed by atoms with Gasteiger partial charge in [-0.2, -0.15) is 11.3 Å². The number of hydrogen-bond donors (Lipinski definition) is 2. The van der Waals surface area contributed by atoms with Crippen LogP contribution in [0.15, 0.2) is 16.8 Å². The van der Waals surface area contributed by atoms with Gasteiger partial charge in [0, 0.05) is 43.0 Å². The Morgan fingerprint density at radius 2 is 2.36 bits per heavy atom. The molecular weight excluding hydrogens is 298 g/mol. The first-order chi connectivity index (χ1) is 10.6. The molecule has 5 nitrogen and oxygen atoms in total. The number of nitrogens with zero attached hydrogens (tertiary/aromatic N) is 1. The van der Waals surface area contributed by atoms with E-state index >= 15 is 0 Å². The molecule has 1 aromatic rings. The van der Waals surface area contributed by atoms with E-state index < -0.39 is 0 Å². The molecule has 0 aromatic carbocycles. The lowest BCUT2D eigenvalue weighted by atomic mass is 9.92. The van der Waals surface area contributed by atoms with Gasteiger partial charge in [-0.15, -0.1) is 0 Å². The van der Waals surface area contributed by atoms with Crippen molar-refractivity contribution in [3.05, 3.63) is 22.4 Å². The van der Waals surface area contributed by atoms with Crippen LogP contribution in [0.5, 0.6) is 0 Å². The van der Waals surface area contributed by atoms with Gasteiger partial charge in [0.15, 0.2) is 0 Å². The average Bonchev–Trinajstić information content (AvgIpc) is 3.05. The van der Waals surface area contributed by atoms with Crippen molar-refractivity contribution < 1.29 is 9.59 Å². The second-order valence-electron chi connectivity index (χ2n) is 5.97. The summed E-state index contributed by atoms with van der Waals surface area (Å²) in [7, 11) is 0. The Morgan fingerprint density at radius 1 is 1.55 bits per heavy atom. The summed E-state index contributed by atoms with van der Waals surface area (Å²) in [4.78, 5) is 25.9. The van der Waals surface area contributed by atoms with Gasteiger partial charge in [0.1, 0.15) is 0 Å². The zero-order valence-electron chi connectivity index (χ0n) is 13.1. The Morgan fingerprint density at radius 3 is 3.05 bits per heavy atom. The molecule has 1 aromatic heterocycles. The second kappa shape index (κ2) is 8.29. The summed E-state index contributed by atoms with van der Waals surface area (Å²) >= 11 is 1.50. The number of rotatable bonds is 6. The fourth-order valence-electron chi connectivity index (χ4n) is 2.76. The lowest BCUT2D eigenvalue weighted by Gasteiger charge is -2.34. The summed E-state index contributed by atoms with van der Waals surface area (Å²) in [6, 6.07) is 1.94. The smallest absolute Gasteiger partial charge is 0.252 e. The molecule has 3 N–H and O–H groups in total. The largest absolute Gasteiger partial charge is 0.352 e. The zero-order chi connectivity index (χ0) is 15.9. The minimum absolute atomic E-state index is 0.0660. The molecule has 2 amide bonds. The maximum Gasteiger partial charge on any atom is 0.252 e. The molecular formula is C16H25N3O2S. The number of carbonyl (C=O) groups excluding carboxylic acids is 2. The number of piperidine rings is 1. The van der Waals surface area contributed by atoms with Crippen LogP contribution in [-0.4, -0.2) is 42.4 Å². The maximum atomic E-state index is 12.2. The molecule has 22 heavy (non-hydrogen) atoms. The predicted octanol–water partition coefficient (Wildman–Crippen LogP) is 1.84. The predicted molar refractivity (Wildman–Crippen MR) is 88.8 cm³/mol. The Kier molecular flexibility index (Phi) is 6.39. The molecule has 1 fully saturated rings. The summed E-state index contributed by atoms with van der Waals surface area (Å²) < 4.78 is 0. The van der Waals surface area contributed by atoms with Crippen LogP contribution >= 0.6 is 11.3 Å². The molecule has 6 heteroatoms. The van der Waals surface area contributed by atoms with Crippen LogP contribution in [0.1, 0.15) is 43.0 Å². The molecule has 2 heterocycles. The van der Waals surface area contributed by atoms with Crippen LogP contribution in [0.2, 0.25) is 0 Å². The van der Waals surface area contributed by atoms with Crippen molar-refractivity contribution in [1.82, 2.24) is 10.2 Å². The maximum absolute atomic E-state index is 12.2. The van der Waals surface area contributed by atoms with Gasteiger partial charge in [-0.05, 0) is 43.6 Å². The van der Waals surface area contributed by atoms with E-state index in [0.717, 1.165) is 25.9 Å². The van der Waals surface area contributed by atoms with Gasteiger partial charge >= 0.3 is 0 Å². The van der Waals surface area contributed by atoms with E-state index in [0.29, 0.717) is 30.9 Å². The van der Waals surface area contributed by atoms with Gasteiger partial charge in [-0.1, -0.05) is 0 Å². The van der Waals surface area contributed by atoms with Gasteiger partial charge in [0.2, 0.25) is 5.91 Å². The third-order valence-electron chi connectivity index (χ3n) is 4.19. The van der Waals surface area contributed by atoms with Gasteiger partial charge in [0.05, 0.1) is 0 Å². The summed E-state index contributed by atoms with van der Waals surface area (Å²) in [5.74, 6) is 0.523. The number of hydrogen-bond acceptors (Lipinski definition) is 4. The van der Waals surface area contributed by atoms with Gasteiger partial charge in [-0.25, -0.2) is 0 Å². The molecule has 0 spiro atoms. The molecule has 1 aliphatic heterocycles. The zero-order valence-corrected chi connectivity index (χ0v) is 13.9. The highest BCUT2D eigenvalue weighted by Gasteiger charge is 2.25. The summed E-state index contributed by atoms with van der Waals surface area (Å²) in [5, 5.41) is 6.55. The molecule has 122 valence electrons. The van der Waals surface area contributed by atoms with Crippen molar-refractivity contribution in [1.29, 1.82) is 0 Å². The fraction of sp³-hybridized carbons (Fsp3) is 0.625. The average molecular weight is 323 g/mol. The van der Waals surface area contributed by atoms with E-state index in [1.165, 1.54) is 11.3 Å². The van der Waals surface area contributed by atoms with Crippen molar-refractivity contribution >= 4 is 23.2 Å². The Balaban J connectivity index is 1.66. The Bertz CT molecular complexity index is 488. The van der Waals surface area contributed by atoms with Crippen molar-refractivity contribution in [2.75, 3.05) is 19.6 Å². The van der Waals surface area contributed by atoms with E-state index in [1.807, 2.05) is 22.6 Å². The van der Waals surface area contributed by atoms with Gasteiger partial charge in [-0.3, -0.25) is 9.59 Å². The minimum atomic E-state index is -0.0660. The number of carbonyl (C=O) groups is 2. The number of amides is 2. The van der Waals surface area contributed by atoms with Crippen molar-refractivity contribution in [2.24, 2.45) is 11.7 Å². The Labute approximate surface area is 135 Å². The van der Waals surface area contributed by atoms with Crippen LogP contribution in [0.3, 0.4) is 0 Å². The fourth-order valence-corrected chi connectivity index (χ4v) is 3.40. The van der Waals surface area contributed by atoms with Crippen molar-refractivity contribution in [3.8, 4) is 0 Å². The van der Waals surface area contributed by atoms with E-state index in [4.69, 9.17) is 5.73 Å². The van der Waals surface area contributed by atoms with Crippen LogP contribution in [-0.2, 0) is 4.79 Å². The normalized spacial score (nSPS) is 19.7. The molecule has 2 rings (SSSR count). The highest BCUT2D eigenvalue weighted by atomic mass is 32.1. The molecule has 0 radical (unpaired) electrons. The first-order valence-corrected chi connectivity index (χ1v) is 8.86. The molecule has 0 bridgehead atoms. The van der Waals surface area contributed by atoms with Gasteiger partial charge < -0.3 is 16.0 Å². The van der Waals surface area contributed by atoms with Gasteiger partial charge in [0.25, 0.3) is 5.91 Å². The quantitative estimate of drug-likeness (QED) is 0.785. The van der Waals surface area contributed by atoms with Crippen LogP contribution in [0.25, 0.3) is 0 Å². The van der Waals surface area contributed by atoms with E-state index in [1.54, 1.807) is 6.07 Å².